The quantitative estimate of drug-likeness (QED) is 0.189. The predicted octanol–water partition coefficient (Wildman–Crippen LogP) is -0.451. The van der Waals surface area contributed by atoms with Crippen LogP contribution in [0.3, 0.4) is 0 Å². The first-order valence-corrected chi connectivity index (χ1v) is 15.6. The van der Waals surface area contributed by atoms with Gasteiger partial charge in [-0.2, -0.15) is 0 Å². The summed E-state index contributed by atoms with van der Waals surface area (Å²) in [5.74, 6) is -4.33. The first-order chi connectivity index (χ1) is 20.8. The largest absolute Gasteiger partial charge is 0.370 e. The van der Waals surface area contributed by atoms with Crippen LogP contribution in [0.1, 0.15) is 90.9 Å². The summed E-state index contributed by atoms with van der Waals surface area (Å²) < 4.78 is 0. The highest BCUT2D eigenvalue weighted by atomic mass is 16.2. The van der Waals surface area contributed by atoms with Crippen LogP contribution in [-0.2, 0) is 33.6 Å². The summed E-state index contributed by atoms with van der Waals surface area (Å²) in [7, 11) is 0. The zero-order valence-corrected chi connectivity index (χ0v) is 25.8. The van der Waals surface area contributed by atoms with Gasteiger partial charge in [0, 0.05) is 25.1 Å². The molecule has 0 aromatic carbocycles. The summed E-state index contributed by atoms with van der Waals surface area (Å²) in [5, 5.41) is 13.3. The van der Waals surface area contributed by atoms with Crippen molar-refractivity contribution in [1.82, 2.24) is 26.6 Å². The molecule has 0 radical (unpaired) electrons. The lowest BCUT2D eigenvalue weighted by Gasteiger charge is -2.29. The monoisotopic (exact) mass is 619 g/mol. The van der Waals surface area contributed by atoms with Crippen LogP contribution in [0.25, 0.3) is 0 Å². The van der Waals surface area contributed by atoms with E-state index in [-0.39, 0.29) is 43.6 Å². The molecule has 14 nitrogen and oxygen atoms in total. The van der Waals surface area contributed by atoms with Crippen LogP contribution in [0.5, 0.6) is 0 Å². The van der Waals surface area contributed by atoms with E-state index in [1.165, 1.54) is 0 Å². The first-order valence-electron chi connectivity index (χ1n) is 15.6. The van der Waals surface area contributed by atoms with E-state index < -0.39 is 59.6 Å². The number of primary amides is 2. The van der Waals surface area contributed by atoms with E-state index in [0.29, 0.717) is 25.7 Å². The van der Waals surface area contributed by atoms with Gasteiger partial charge in [-0.25, -0.2) is 0 Å². The first kappa shape index (κ1) is 36.2. The van der Waals surface area contributed by atoms with Crippen LogP contribution in [0, 0.1) is 11.8 Å². The summed E-state index contributed by atoms with van der Waals surface area (Å²) in [5.41, 5.74) is 10.7. The Kier molecular flexibility index (Phi) is 15.3. The van der Waals surface area contributed by atoms with Gasteiger partial charge in [-0.15, -0.1) is 0 Å². The number of amides is 7. The maximum absolute atomic E-state index is 13.7. The lowest BCUT2D eigenvalue weighted by Crippen LogP contribution is -2.57. The average Bonchev–Trinajstić information content (AvgIpc) is 2.96. The molecule has 44 heavy (non-hydrogen) atoms. The molecule has 1 saturated carbocycles. The molecule has 2 rings (SSSR count). The Morgan fingerprint density at radius 3 is 1.95 bits per heavy atom. The molecule has 14 heteroatoms. The van der Waals surface area contributed by atoms with Gasteiger partial charge in [0.1, 0.15) is 24.2 Å². The standard InChI is InChI=1S/C30H49N7O7/c1-18(2)16-22-28(42)33-15-7-6-10-20(27(32)41)34-25(39)13-14-26(40)35-21(11-12-24(31)38)29(43)37-23(30(44)36-22)17-19-8-4-3-5-9-19/h13-14,18-23H,3-12,15-17H2,1-2H3,(H2,31,38)(H2,32,41)(H,33,42)(H,34,39)(H,35,40)(H,36,44)(H,37,43)/b14-13+/t20-,21-,22+,23-/m0/s1. The van der Waals surface area contributed by atoms with Gasteiger partial charge in [0.05, 0.1) is 0 Å². The van der Waals surface area contributed by atoms with Crippen LogP contribution >= 0.6 is 0 Å². The summed E-state index contributed by atoms with van der Waals surface area (Å²) in [6, 6.07) is -4.09. The van der Waals surface area contributed by atoms with E-state index in [0.717, 1.165) is 44.3 Å². The Morgan fingerprint density at radius 2 is 1.34 bits per heavy atom. The summed E-state index contributed by atoms with van der Waals surface area (Å²) in [6.45, 7) is 4.12. The molecule has 1 aliphatic heterocycles. The van der Waals surface area contributed by atoms with E-state index in [2.05, 4.69) is 26.6 Å². The summed E-state index contributed by atoms with van der Waals surface area (Å²) in [4.78, 5) is 88.7. The molecular weight excluding hydrogens is 570 g/mol. The third kappa shape index (κ3) is 13.6. The summed E-state index contributed by atoms with van der Waals surface area (Å²) in [6.07, 6.45) is 8.24. The van der Waals surface area contributed by atoms with Crippen LogP contribution in [0.15, 0.2) is 12.2 Å². The van der Waals surface area contributed by atoms with Gasteiger partial charge in [-0.05, 0) is 50.4 Å². The molecule has 9 N–H and O–H groups in total. The minimum Gasteiger partial charge on any atom is -0.370 e. The SMILES string of the molecule is CC(C)C[C@H]1NC(=O)[C@H](CC2CCCCC2)NC(=O)[C@H](CCC(N)=O)NC(=O)/C=C/C(=O)N[C@H](C(N)=O)CCCCNC1=O. The molecule has 0 unspecified atom stereocenters. The van der Waals surface area contributed by atoms with Crippen molar-refractivity contribution in [2.45, 2.75) is 115 Å². The van der Waals surface area contributed by atoms with Crippen LogP contribution in [0.2, 0.25) is 0 Å². The molecule has 4 atom stereocenters. The molecule has 0 aromatic heterocycles. The van der Waals surface area contributed by atoms with Crippen molar-refractivity contribution < 1.29 is 33.6 Å². The topological polar surface area (TPSA) is 232 Å². The number of carbonyl (C=O) groups is 7. The number of hydrogen-bond acceptors (Lipinski definition) is 7. The predicted molar refractivity (Wildman–Crippen MR) is 162 cm³/mol. The highest BCUT2D eigenvalue weighted by molar-refractivity contribution is 6.00. The Labute approximate surface area is 258 Å². The minimum absolute atomic E-state index is 0.0735. The van der Waals surface area contributed by atoms with Gasteiger partial charge < -0.3 is 38.1 Å². The van der Waals surface area contributed by atoms with Crippen molar-refractivity contribution in [3.63, 3.8) is 0 Å². The fourth-order valence-electron chi connectivity index (χ4n) is 5.48. The molecule has 0 saturated heterocycles. The maximum Gasteiger partial charge on any atom is 0.244 e. The summed E-state index contributed by atoms with van der Waals surface area (Å²) >= 11 is 0. The van der Waals surface area contributed by atoms with Gasteiger partial charge in [-0.3, -0.25) is 33.6 Å². The number of rotatable bonds is 8. The van der Waals surface area contributed by atoms with Crippen molar-refractivity contribution in [2.75, 3.05) is 6.54 Å². The second kappa shape index (κ2) is 18.6. The third-order valence-corrected chi connectivity index (χ3v) is 7.84. The van der Waals surface area contributed by atoms with E-state index in [1.54, 1.807) is 0 Å². The number of nitrogens with two attached hydrogens (primary N) is 2. The molecule has 0 spiro atoms. The Bertz CT molecular complexity index is 1070. The molecule has 1 heterocycles. The van der Waals surface area contributed by atoms with E-state index in [9.17, 15) is 33.6 Å². The van der Waals surface area contributed by atoms with Crippen molar-refractivity contribution >= 4 is 41.4 Å². The number of carbonyl (C=O) groups excluding carboxylic acids is 7. The molecule has 2 aliphatic rings. The molecule has 0 aromatic rings. The number of nitrogens with one attached hydrogen (secondary N) is 5. The maximum atomic E-state index is 13.7. The van der Waals surface area contributed by atoms with Crippen molar-refractivity contribution in [3.8, 4) is 0 Å². The fraction of sp³-hybridized carbons (Fsp3) is 0.700. The van der Waals surface area contributed by atoms with E-state index in [1.807, 2.05) is 13.8 Å². The minimum atomic E-state index is -1.25. The Balaban J connectivity index is 2.38. The van der Waals surface area contributed by atoms with Gasteiger partial charge in [0.15, 0.2) is 0 Å². The highest BCUT2D eigenvalue weighted by Crippen LogP contribution is 2.27. The van der Waals surface area contributed by atoms with Gasteiger partial charge in [0.2, 0.25) is 41.4 Å². The third-order valence-electron chi connectivity index (χ3n) is 7.84. The smallest absolute Gasteiger partial charge is 0.244 e. The second-order valence-corrected chi connectivity index (χ2v) is 12.1. The van der Waals surface area contributed by atoms with E-state index >= 15 is 0 Å². The van der Waals surface area contributed by atoms with Crippen molar-refractivity contribution in [1.29, 1.82) is 0 Å². The Hall–Kier alpha value is -3.97. The highest BCUT2D eigenvalue weighted by Gasteiger charge is 2.32. The lowest BCUT2D eigenvalue weighted by atomic mass is 9.84. The van der Waals surface area contributed by atoms with Crippen molar-refractivity contribution in [2.24, 2.45) is 23.3 Å². The van der Waals surface area contributed by atoms with Gasteiger partial charge >= 0.3 is 0 Å². The Morgan fingerprint density at radius 1 is 0.750 bits per heavy atom. The van der Waals surface area contributed by atoms with Gasteiger partial charge in [-0.1, -0.05) is 46.0 Å². The molecule has 246 valence electrons. The fourth-order valence-corrected chi connectivity index (χ4v) is 5.48. The van der Waals surface area contributed by atoms with Crippen LogP contribution in [-0.4, -0.2) is 72.1 Å². The van der Waals surface area contributed by atoms with Gasteiger partial charge in [0.25, 0.3) is 0 Å². The van der Waals surface area contributed by atoms with E-state index in [4.69, 9.17) is 11.5 Å². The molecule has 7 amide bonds. The second-order valence-electron chi connectivity index (χ2n) is 12.1. The van der Waals surface area contributed by atoms with Crippen LogP contribution < -0.4 is 38.1 Å². The molecule has 1 aliphatic carbocycles. The number of hydrogen-bond donors (Lipinski definition) is 7. The normalized spacial score (nSPS) is 26.4. The molecule has 1 fully saturated rings. The lowest BCUT2D eigenvalue weighted by molar-refractivity contribution is -0.134. The molecule has 0 bridgehead atoms. The zero-order valence-electron chi connectivity index (χ0n) is 25.8. The average molecular weight is 620 g/mol. The molecular formula is C30H49N7O7. The van der Waals surface area contributed by atoms with Crippen molar-refractivity contribution in [3.05, 3.63) is 12.2 Å². The zero-order chi connectivity index (χ0) is 32.6. The van der Waals surface area contributed by atoms with Crippen LogP contribution in [0.4, 0.5) is 0 Å².